The van der Waals surface area contributed by atoms with E-state index < -0.39 is 0 Å². The maximum atomic E-state index is 13.8. The number of carbonyl (C=O) groups is 2. The van der Waals surface area contributed by atoms with Gasteiger partial charge < -0.3 is 10.2 Å². The number of likely N-dealkylation sites (tertiary alicyclic amines) is 1. The molecule has 0 spiro atoms. The van der Waals surface area contributed by atoms with Crippen molar-refractivity contribution in [2.75, 3.05) is 13.1 Å². The maximum absolute atomic E-state index is 13.8. The monoisotopic (exact) mass is 467 g/mol. The van der Waals surface area contributed by atoms with E-state index in [1.807, 2.05) is 25.7 Å². The van der Waals surface area contributed by atoms with Crippen molar-refractivity contribution >= 4 is 23.2 Å². The quantitative estimate of drug-likeness (QED) is 0.600. The number of amides is 2. The first kappa shape index (κ1) is 21.8. The highest BCUT2D eigenvalue weighted by Gasteiger charge is 2.54. The van der Waals surface area contributed by atoms with Crippen molar-refractivity contribution in [3.05, 3.63) is 58.2 Å². The molecule has 9 heteroatoms. The number of nitrogens with one attached hydrogen (secondary N) is 1. The molecule has 3 aromatic rings. The van der Waals surface area contributed by atoms with Gasteiger partial charge in [-0.2, -0.15) is 5.10 Å². The lowest BCUT2D eigenvalue weighted by Crippen LogP contribution is -2.46. The van der Waals surface area contributed by atoms with Gasteiger partial charge in [-0.1, -0.05) is 12.1 Å². The fraction of sp³-hybridized carbons (Fsp3) is 0.417. The Morgan fingerprint density at radius 3 is 2.85 bits per heavy atom. The van der Waals surface area contributed by atoms with Gasteiger partial charge in [-0.3, -0.25) is 14.3 Å². The molecule has 2 amide bonds. The molecule has 7 nitrogen and oxygen atoms in total. The van der Waals surface area contributed by atoms with E-state index in [0.717, 1.165) is 17.1 Å². The van der Waals surface area contributed by atoms with Gasteiger partial charge >= 0.3 is 0 Å². The summed E-state index contributed by atoms with van der Waals surface area (Å²) in [7, 11) is 0. The van der Waals surface area contributed by atoms with E-state index in [-0.39, 0.29) is 23.7 Å². The third kappa shape index (κ3) is 4.06. The SMILES string of the molecule is CCn1nc(C)cc1C(=O)NC[C@@H]1[C@@H]2C[C@@H]2CN1C(=O)c1nc(C)sc1-c1cccc(F)c1. The van der Waals surface area contributed by atoms with Gasteiger partial charge in [0.15, 0.2) is 0 Å². The van der Waals surface area contributed by atoms with Crippen LogP contribution in [0.1, 0.15) is 45.0 Å². The number of piperidine rings is 1. The Morgan fingerprint density at radius 2 is 2.09 bits per heavy atom. The molecular formula is C24H26FN5O2S. The third-order valence-electron chi connectivity index (χ3n) is 6.49. The lowest BCUT2D eigenvalue weighted by molar-refractivity contribution is 0.0690. The summed E-state index contributed by atoms with van der Waals surface area (Å²) in [6, 6.07) is 7.96. The molecule has 3 heterocycles. The van der Waals surface area contributed by atoms with E-state index in [0.29, 0.717) is 53.3 Å². The molecule has 33 heavy (non-hydrogen) atoms. The number of carbonyl (C=O) groups excluding carboxylic acids is 2. The van der Waals surface area contributed by atoms with Crippen molar-refractivity contribution in [1.82, 2.24) is 25.0 Å². The van der Waals surface area contributed by atoms with Crippen molar-refractivity contribution in [3.8, 4) is 10.4 Å². The number of aryl methyl sites for hydroxylation is 3. The molecule has 0 bridgehead atoms. The van der Waals surface area contributed by atoms with Crippen LogP contribution < -0.4 is 5.32 Å². The molecule has 1 aliphatic heterocycles. The van der Waals surface area contributed by atoms with E-state index >= 15 is 0 Å². The summed E-state index contributed by atoms with van der Waals surface area (Å²) in [5.74, 6) is 0.181. The molecular weight excluding hydrogens is 441 g/mol. The van der Waals surface area contributed by atoms with Crippen LogP contribution >= 0.6 is 11.3 Å². The van der Waals surface area contributed by atoms with Crippen LogP contribution in [-0.4, -0.2) is 50.6 Å². The highest BCUT2D eigenvalue weighted by Crippen LogP contribution is 2.50. The zero-order valence-corrected chi connectivity index (χ0v) is 19.7. The Labute approximate surface area is 195 Å². The predicted molar refractivity (Wildman–Crippen MR) is 124 cm³/mol. The van der Waals surface area contributed by atoms with Crippen LogP contribution in [0.25, 0.3) is 10.4 Å². The fourth-order valence-corrected chi connectivity index (χ4v) is 5.76. The minimum Gasteiger partial charge on any atom is -0.349 e. The van der Waals surface area contributed by atoms with Crippen LogP contribution in [0.4, 0.5) is 4.39 Å². The molecule has 5 rings (SSSR count). The number of hydrogen-bond acceptors (Lipinski definition) is 5. The molecule has 1 saturated carbocycles. The maximum Gasteiger partial charge on any atom is 0.274 e. The summed E-state index contributed by atoms with van der Waals surface area (Å²) < 4.78 is 15.5. The van der Waals surface area contributed by atoms with Gasteiger partial charge in [-0.05, 0) is 62.8 Å². The summed E-state index contributed by atoms with van der Waals surface area (Å²) in [5, 5.41) is 8.12. The molecule has 2 aromatic heterocycles. The summed E-state index contributed by atoms with van der Waals surface area (Å²) in [6.07, 6.45) is 1.07. The first-order valence-electron chi connectivity index (χ1n) is 11.2. The molecule has 1 aromatic carbocycles. The van der Waals surface area contributed by atoms with Crippen molar-refractivity contribution < 1.29 is 14.0 Å². The van der Waals surface area contributed by atoms with Crippen molar-refractivity contribution in [2.24, 2.45) is 11.8 Å². The Morgan fingerprint density at radius 1 is 1.27 bits per heavy atom. The Hall–Kier alpha value is -3.07. The zero-order valence-electron chi connectivity index (χ0n) is 18.8. The topological polar surface area (TPSA) is 80.1 Å². The van der Waals surface area contributed by atoms with Crippen LogP contribution in [0.2, 0.25) is 0 Å². The van der Waals surface area contributed by atoms with Crippen molar-refractivity contribution in [2.45, 2.75) is 39.8 Å². The van der Waals surface area contributed by atoms with E-state index in [4.69, 9.17) is 0 Å². The van der Waals surface area contributed by atoms with Crippen LogP contribution in [0.5, 0.6) is 0 Å². The van der Waals surface area contributed by atoms with Crippen LogP contribution in [0.15, 0.2) is 30.3 Å². The summed E-state index contributed by atoms with van der Waals surface area (Å²) >= 11 is 1.39. The molecule has 1 saturated heterocycles. The Kier molecular flexibility index (Phi) is 5.52. The number of rotatable bonds is 6. The number of aromatic nitrogens is 3. The van der Waals surface area contributed by atoms with Gasteiger partial charge in [-0.25, -0.2) is 9.37 Å². The number of fused-ring (bicyclic) bond motifs is 1. The first-order valence-corrected chi connectivity index (χ1v) is 12.0. The van der Waals surface area contributed by atoms with Crippen LogP contribution in [0.3, 0.4) is 0 Å². The molecule has 172 valence electrons. The average molecular weight is 468 g/mol. The van der Waals surface area contributed by atoms with Gasteiger partial charge in [0.05, 0.1) is 21.6 Å². The van der Waals surface area contributed by atoms with Gasteiger partial charge in [0.25, 0.3) is 11.8 Å². The third-order valence-corrected chi connectivity index (χ3v) is 7.51. The number of thiazole rings is 1. The summed E-state index contributed by atoms with van der Waals surface area (Å²) in [5.41, 5.74) is 2.34. The van der Waals surface area contributed by atoms with Crippen molar-refractivity contribution in [3.63, 3.8) is 0 Å². The predicted octanol–water partition coefficient (Wildman–Crippen LogP) is 3.67. The second-order valence-electron chi connectivity index (χ2n) is 8.80. The largest absolute Gasteiger partial charge is 0.349 e. The normalized spacial score (nSPS) is 21.2. The van der Waals surface area contributed by atoms with Gasteiger partial charge in [0.2, 0.25) is 0 Å². The molecule has 0 unspecified atom stereocenters. The lowest BCUT2D eigenvalue weighted by atomic mass is 10.1. The molecule has 3 atom stereocenters. The standard InChI is InChI=1S/C24H26FN5O2S/c1-4-30-19(8-13(2)28-30)23(31)26-11-20-18-10-16(18)12-29(20)24(32)21-22(33-14(3)27-21)15-6-5-7-17(25)9-15/h5-9,16,18,20H,4,10-12H2,1-3H3,(H,26,31)/t16-,18-,20-/m1/s1. The molecule has 0 radical (unpaired) electrons. The van der Waals surface area contributed by atoms with Crippen LogP contribution in [-0.2, 0) is 6.54 Å². The number of halogens is 1. The smallest absolute Gasteiger partial charge is 0.274 e. The van der Waals surface area contributed by atoms with Gasteiger partial charge in [0, 0.05) is 19.6 Å². The second-order valence-corrected chi connectivity index (χ2v) is 10.0. The van der Waals surface area contributed by atoms with E-state index in [9.17, 15) is 14.0 Å². The van der Waals surface area contributed by atoms with Gasteiger partial charge in [0.1, 0.15) is 17.2 Å². The highest BCUT2D eigenvalue weighted by molar-refractivity contribution is 7.15. The lowest BCUT2D eigenvalue weighted by Gasteiger charge is -2.27. The minimum absolute atomic E-state index is 0.0760. The summed E-state index contributed by atoms with van der Waals surface area (Å²) in [4.78, 5) is 33.4. The fourth-order valence-electron chi connectivity index (χ4n) is 4.86. The Bertz CT molecular complexity index is 1240. The van der Waals surface area contributed by atoms with Crippen LogP contribution in [0, 0.1) is 31.5 Å². The molecule has 1 N–H and O–H groups in total. The van der Waals surface area contributed by atoms with E-state index in [1.165, 1.54) is 23.5 Å². The average Bonchev–Trinajstić information content (AvgIpc) is 3.11. The number of hydrogen-bond donors (Lipinski definition) is 1. The first-order chi connectivity index (χ1) is 15.9. The molecule has 1 aliphatic carbocycles. The zero-order chi connectivity index (χ0) is 23.3. The highest BCUT2D eigenvalue weighted by atomic mass is 32.1. The van der Waals surface area contributed by atoms with Crippen molar-refractivity contribution in [1.29, 1.82) is 0 Å². The van der Waals surface area contributed by atoms with E-state index in [2.05, 4.69) is 15.4 Å². The molecule has 2 aliphatic rings. The second kappa shape index (κ2) is 8.37. The number of nitrogens with zero attached hydrogens (tertiary/aromatic N) is 4. The number of benzene rings is 1. The molecule has 2 fully saturated rings. The summed E-state index contributed by atoms with van der Waals surface area (Å²) in [6.45, 7) is 7.32. The van der Waals surface area contributed by atoms with Gasteiger partial charge in [-0.15, -0.1) is 11.3 Å². The van der Waals surface area contributed by atoms with E-state index in [1.54, 1.807) is 22.9 Å². The Balaban J connectivity index is 1.36. The minimum atomic E-state index is -0.346.